The zero-order valence-electron chi connectivity index (χ0n) is 15.2. The summed E-state index contributed by atoms with van der Waals surface area (Å²) in [6.07, 6.45) is 1.60. The highest BCUT2D eigenvalue weighted by Crippen LogP contribution is 2.16. The van der Waals surface area contributed by atoms with Gasteiger partial charge in [0.1, 0.15) is 12.1 Å². The van der Waals surface area contributed by atoms with Gasteiger partial charge in [-0.1, -0.05) is 22.8 Å². The van der Waals surface area contributed by atoms with Gasteiger partial charge in [-0.3, -0.25) is 4.90 Å². The van der Waals surface area contributed by atoms with Gasteiger partial charge < -0.3 is 14.7 Å². The average Bonchev–Trinajstić information content (AvgIpc) is 3.15. The molecule has 27 heavy (non-hydrogen) atoms. The number of hydrogen-bond donors (Lipinski definition) is 1. The molecular weight excluding hydrogens is 484 g/mol. The van der Waals surface area contributed by atoms with Crippen LogP contribution in [0.5, 0.6) is 0 Å². The summed E-state index contributed by atoms with van der Waals surface area (Å²) in [5.41, 5.74) is 1.84. The SMILES string of the molecule is CCNC(=NCc1ccc(F)c(Cl)c1)N1CCN(Cc2ccon2)CC1.I. The lowest BCUT2D eigenvalue weighted by Crippen LogP contribution is -2.52. The molecule has 0 amide bonds. The van der Waals surface area contributed by atoms with Crippen LogP contribution < -0.4 is 5.32 Å². The summed E-state index contributed by atoms with van der Waals surface area (Å²) in [5, 5.41) is 7.43. The maximum atomic E-state index is 13.3. The Balaban J connectivity index is 0.00000261. The van der Waals surface area contributed by atoms with Gasteiger partial charge in [-0.05, 0) is 24.6 Å². The number of piperazine rings is 1. The Hall–Kier alpha value is -1.39. The summed E-state index contributed by atoms with van der Waals surface area (Å²) in [6.45, 7) is 7.72. The molecule has 9 heteroatoms. The Morgan fingerprint density at radius 2 is 2.07 bits per heavy atom. The van der Waals surface area contributed by atoms with E-state index in [9.17, 15) is 4.39 Å². The van der Waals surface area contributed by atoms with Crippen LogP contribution in [0.25, 0.3) is 0 Å². The summed E-state index contributed by atoms with van der Waals surface area (Å²) < 4.78 is 18.2. The summed E-state index contributed by atoms with van der Waals surface area (Å²) in [5.74, 6) is 0.462. The van der Waals surface area contributed by atoms with E-state index >= 15 is 0 Å². The molecule has 2 aromatic rings. The van der Waals surface area contributed by atoms with E-state index in [-0.39, 0.29) is 29.0 Å². The third-order valence-corrected chi connectivity index (χ3v) is 4.57. The predicted molar refractivity (Wildman–Crippen MR) is 115 cm³/mol. The van der Waals surface area contributed by atoms with Gasteiger partial charge in [-0.15, -0.1) is 24.0 Å². The minimum atomic E-state index is -0.408. The van der Waals surface area contributed by atoms with E-state index in [0.717, 1.165) is 56.5 Å². The quantitative estimate of drug-likeness (QED) is 0.382. The summed E-state index contributed by atoms with van der Waals surface area (Å²) in [4.78, 5) is 9.27. The standard InChI is InChI=1S/C18H23ClFN5O.HI/c1-2-21-18(22-12-14-3-4-17(20)16(19)11-14)25-8-6-24(7-9-25)13-15-5-10-26-23-15;/h3-5,10-11H,2,6-9,12-13H2,1H3,(H,21,22);1H. The second-order valence-electron chi connectivity index (χ2n) is 6.17. The predicted octanol–water partition coefficient (Wildman–Crippen LogP) is 3.37. The molecule has 0 spiro atoms. The molecule has 0 atom stereocenters. The van der Waals surface area contributed by atoms with Crippen LogP contribution in [-0.2, 0) is 13.1 Å². The van der Waals surface area contributed by atoms with E-state index in [4.69, 9.17) is 16.1 Å². The molecule has 1 saturated heterocycles. The van der Waals surface area contributed by atoms with Crippen LogP contribution in [0, 0.1) is 5.82 Å². The van der Waals surface area contributed by atoms with E-state index in [2.05, 4.69) is 25.3 Å². The lowest BCUT2D eigenvalue weighted by molar-refractivity contribution is 0.169. The van der Waals surface area contributed by atoms with Gasteiger partial charge in [-0.2, -0.15) is 0 Å². The molecule has 0 saturated carbocycles. The van der Waals surface area contributed by atoms with Crippen LogP contribution in [0.1, 0.15) is 18.2 Å². The number of halogens is 3. The van der Waals surface area contributed by atoms with Crippen LogP contribution >= 0.6 is 35.6 Å². The van der Waals surface area contributed by atoms with E-state index < -0.39 is 5.82 Å². The number of nitrogens with zero attached hydrogens (tertiary/aromatic N) is 4. The molecule has 0 radical (unpaired) electrons. The molecule has 1 aliphatic rings. The second kappa shape index (κ2) is 10.8. The summed E-state index contributed by atoms with van der Waals surface area (Å²) in [6, 6.07) is 6.61. The number of guanidine groups is 1. The molecule has 1 aromatic carbocycles. The molecule has 0 unspecified atom stereocenters. The molecular formula is C18H24ClFIN5O. The first-order chi connectivity index (χ1) is 12.7. The maximum Gasteiger partial charge on any atom is 0.194 e. The maximum absolute atomic E-state index is 13.3. The van der Waals surface area contributed by atoms with Gasteiger partial charge in [0.25, 0.3) is 0 Å². The Bertz CT molecular complexity index is 735. The van der Waals surface area contributed by atoms with Gasteiger partial charge >= 0.3 is 0 Å². The molecule has 0 aliphatic carbocycles. The zero-order chi connectivity index (χ0) is 18.4. The molecule has 1 aliphatic heterocycles. The highest BCUT2D eigenvalue weighted by molar-refractivity contribution is 14.0. The largest absolute Gasteiger partial charge is 0.364 e. The lowest BCUT2D eigenvalue weighted by Gasteiger charge is -2.36. The Kier molecular flexibility index (Phi) is 8.78. The minimum absolute atomic E-state index is 0. The highest BCUT2D eigenvalue weighted by atomic mass is 127. The number of nitrogens with one attached hydrogen (secondary N) is 1. The van der Waals surface area contributed by atoms with Gasteiger partial charge in [0, 0.05) is 45.3 Å². The number of rotatable bonds is 5. The number of hydrogen-bond acceptors (Lipinski definition) is 4. The van der Waals surface area contributed by atoms with Gasteiger partial charge in [-0.25, -0.2) is 9.38 Å². The Morgan fingerprint density at radius 1 is 1.30 bits per heavy atom. The molecule has 1 N–H and O–H groups in total. The van der Waals surface area contributed by atoms with Crippen LogP contribution in [0.2, 0.25) is 5.02 Å². The van der Waals surface area contributed by atoms with Crippen molar-refractivity contribution in [3.63, 3.8) is 0 Å². The van der Waals surface area contributed by atoms with Crippen molar-refractivity contribution in [1.29, 1.82) is 0 Å². The highest BCUT2D eigenvalue weighted by Gasteiger charge is 2.20. The van der Waals surface area contributed by atoms with Crippen LogP contribution in [0.15, 0.2) is 40.0 Å². The first-order valence-corrected chi connectivity index (χ1v) is 9.12. The normalized spacial score (nSPS) is 15.5. The fourth-order valence-corrected chi connectivity index (χ4v) is 3.10. The fraction of sp³-hybridized carbons (Fsp3) is 0.444. The molecule has 1 fully saturated rings. The van der Waals surface area contributed by atoms with E-state index in [1.165, 1.54) is 6.07 Å². The monoisotopic (exact) mass is 507 g/mol. The third kappa shape index (κ3) is 6.32. The zero-order valence-corrected chi connectivity index (χ0v) is 18.3. The van der Waals surface area contributed by atoms with E-state index in [1.54, 1.807) is 18.4 Å². The third-order valence-electron chi connectivity index (χ3n) is 4.28. The molecule has 3 rings (SSSR count). The van der Waals surface area contributed by atoms with Gasteiger partial charge in [0.05, 0.1) is 17.3 Å². The van der Waals surface area contributed by atoms with Crippen molar-refractivity contribution in [1.82, 2.24) is 20.3 Å². The van der Waals surface area contributed by atoms with Crippen LogP contribution in [0.3, 0.4) is 0 Å². The topological polar surface area (TPSA) is 56.9 Å². The van der Waals surface area contributed by atoms with Crippen LogP contribution in [0.4, 0.5) is 4.39 Å². The molecule has 2 heterocycles. The van der Waals surface area contributed by atoms with Gasteiger partial charge in [0.15, 0.2) is 5.96 Å². The van der Waals surface area contributed by atoms with Gasteiger partial charge in [0.2, 0.25) is 0 Å². The Labute approximate surface area is 180 Å². The molecule has 148 valence electrons. The lowest BCUT2D eigenvalue weighted by atomic mass is 10.2. The smallest absolute Gasteiger partial charge is 0.194 e. The molecule has 1 aromatic heterocycles. The van der Waals surface area contributed by atoms with Crippen molar-refractivity contribution in [2.75, 3.05) is 32.7 Å². The van der Waals surface area contributed by atoms with Crippen molar-refractivity contribution < 1.29 is 8.91 Å². The molecule has 0 bridgehead atoms. The summed E-state index contributed by atoms with van der Waals surface area (Å²) >= 11 is 5.85. The first kappa shape index (κ1) is 21.9. The van der Waals surface area contributed by atoms with Crippen molar-refractivity contribution in [2.24, 2.45) is 4.99 Å². The van der Waals surface area contributed by atoms with Crippen LogP contribution in [-0.4, -0.2) is 53.6 Å². The minimum Gasteiger partial charge on any atom is -0.364 e. The summed E-state index contributed by atoms with van der Waals surface area (Å²) in [7, 11) is 0. The average molecular weight is 508 g/mol. The Morgan fingerprint density at radius 3 is 2.70 bits per heavy atom. The van der Waals surface area contributed by atoms with Crippen molar-refractivity contribution in [3.05, 3.63) is 52.6 Å². The van der Waals surface area contributed by atoms with Crippen molar-refractivity contribution >= 4 is 41.5 Å². The fourth-order valence-electron chi connectivity index (χ4n) is 2.90. The second-order valence-corrected chi connectivity index (χ2v) is 6.58. The van der Waals surface area contributed by atoms with E-state index in [1.807, 2.05) is 13.0 Å². The molecule has 6 nitrogen and oxygen atoms in total. The van der Waals surface area contributed by atoms with Crippen molar-refractivity contribution in [3.8, 4) is 0 Å². The number of benzene rings is 1. The number of aromatic nitrogens is 1. The van der Waals surface area contributed by atoms with Crippen molar-refractivity contribution in [2.45, 2.75) is 20.0 Å². The number of aliphatic imine (C=N–C) groups is 1. The van der Waals surface area contributed by atoms with E-state index in [0.29, 0.717) is 6.54 Å². The first-order valence-electron chi connectivity index (χ1n) is 8.74.